The number of carbonyl (C=O) groups is 2. The van der Waals surface area contributed by atoms with Crippen LogP contribution in [0, 0.1) is 0 Å². The molecule has 8 heteroatoms. The third kappa shape index (κ3) is 7.38. The van der Waals surface area contributed by atoms with Crippen LogP contribution in [0.15, 0.2) is 42.5 Å². The van der Waals surface area contributed by atoms with E-state index < -0.39 is 0 Å². The highest BCUT2D eigenvalue weighted by Crippen LogP contribution is 2.27. The van der Waals surface area contributed by atoms with Crippen LogP contribution in [0.4, 0.5) is 5.69 Å². The zero-order valence-electron chi connectivity index (χ0n) is 15.5. The van der Waals surface area contributed by atoms with Crippen LogP contribution in [0.2, 0.25) is 10.0 Å². The Morgan fingerprint density at radius 1 is 1.11 bits per heavy atom. The molecule has 0 saturated carbocycles. The molecule has 2 amide bonds. The second kappa shape index (κ2) is 11.5. The van der Waals surface area contributed by atoms with Crippen molar-refractivity contribution in [3.8, 4) is 5.75 Å². The molecule has 0 fully saturated rings. The van der Waals surface area contributed by atoms with Crippen LogP contribution < -0.4 is 15.4 Å². The molecule has 0 bridgehead atoms. The number of hydrogen-bond donors (Lipinski definition) is 2. The summed E-state index contributed by atoms with van der Waals surface area (Å²) >= 11 is 11.9. The minimum Gasteiger partial charge on any atom is -0.482 e. The topological polar surface area (TPSA) is 76.7 Å². The van der Waals surface area contributed by atoms with Crippen molar-refractivity contribution in [3.63, 3.8) is 0 Å². The van der Waals surface area contributed by atoms with Crippen LogP contribution in [0.5, 0.6) is 5.75 Å². The number of anilines is 1. The van der Waals surface area contributed by atoms with Gasteiger partial charge in [0.1, 0.15) is 5.75 Å². The molecule has 0 aliphatic heterocycles. The quantitative estimate of drug-likeness (QED) is 0.561. The van der Waals surface area contributed by atoms with Gasteiger partial charge in [-0.15, -0.1) is 0 Å². The van der Waals surface area contributed by atoms with Gasteiger partial charge in [0.15, 0.2) is 6.61 Å². The lowest BCUT2D eigenvalue weighted by molar-refractivity contribution is -0.118. The largest absolute Gasteiger partial charge is 0.482 e. The van der Waals surface area contributed by atoms with E-state index in [0.29, 0.717) is 46.8 Å². The minimum absolute atomic E-state index is 0.213. The van der Waals surface area contributed by atoms with Crippen molar-refractivity contribution in [2.24, 2.45) is 0 Å². The average molecular weight is 425 g/mol. The van der Waals surface area contributed by atoms with E-state index >= 15 is 0 Å². The molecule has 2 N–H and O–H groups in total. The molecule has 0 spiro atoms. The Balaban J connectivity index is 1.85. The molecular weight excluding hydrogens is 403 g/mol. The SMILES string of the molecule is CCOCCCNC(=O)c1cccc(NC(=O)COc2cc(Cl)ccc2Cl)c1. The normalized spacial score (nSPS) is 10.4. The summed E-state index contributed by atoms with van der Waals surface area (Å²) in [5, 5.41) is 6.32. The number of hydrogen-bond acceptors (Lipinski definition) is 4. The summed E-state index contributed by atoms with van der Waals surface area (Å²) in [4.78, 5) is 24.3. The maximum Gasteiger partial charge on any atom is 0.262 e. The summed E-state index contributed by atoms with van der Waals surface area (Å²) in [6.07, 6.45) is 0.736. The van der Waals surface area contributed by atoms with Gasteiger partial charge < -0.3 is 20.1 Å². The molecule has 2 rings (SSSR count). The first-order valence-electron chi connectivity index (χ1n) is 8.83. The lowest BCUT2D eigenvalue weighted by Gasteiger charge is -2.10. The molecule has 2 aromatic carbocycles. The van der Waals surface area contributed by atoms with Crippen molar-refractivity contribution in [1.82, 2.24) is 5.32 Å². The van der Waals surface area contributed by atoms with Gasteiger partial charge in [0.05, 0.1) is 5.02 Å². The summed E-state index contributed by atoms with van der Waals surface area (Å²) in [7, 11) is 0. The smallest absolute Gasteiger partial charge is 0.262 e. The van der Waals surface area contributed by atoms with Gasteiger partial charge in [0.2, 0.25) is 0 Å². The van der Waals surface area contributed by atoms with E-state index in [1.165, 1.54) is 6.07 Å². The van der Waals surface area contributed by atoms with Gasteiger partial charge in [0, 0.05) is 42.1 Å². The molecule has 0 aromatic heterocycles. The van der Waals surface area contributed by atoms with Crippen molar-refractivity contribution in [2.75, 3.05) is 31.7 Å². The number of carbonyl (C=O) groups excluding carboxylic acids is 2. The second-order valence-electron chi connectivity index (χ2n) is 5.80. The van der Waals surface area contributed by atoms with Crippen molar-refractivity contribution in [3.05, 3.63) is 58.1 Å². The third-order valence-corrected chi connectivity index (χ3v) is 4.16. The highest BCUT2D eigenvalue weighted by Gasteiger charge is 2.10. The van der Waals surface area contributed by atoms with Crippen molar-refractivity contribution in [2.45, 2.75) is 13.3 Å². The molecule has 0 aliphatic rings. The van der Waals surface area contributed by atoms with Crippen LogP contribution in [0.3, 0.4) is 0 Å². The van der Waals surface area contributed by atoms with E-state index in [2.05, 4.69) is 10.6 Å². The molecule has 0 aliphatic carbocycles. The van der Waals surface area contributed by atoms with E-state index in [1.807, 2.05) is 6.92 Å². The van der Waals surface area contributed by atoms with Crippen LogP contribution >= 0.6 is 23.2 Å². The Morgan fingerprint density at radius 3 is 2.71 bits per heavy atom. The molecule has 0 unspecified atom stereocenters. The first-order valence-corrected chi connectivity index (χ1v) is 9.59. The van der Waals surface area contributed by atoms with Crippen molar-refractivity contribution >= 4 is 40.7 Å². The fourth-order valence-corrected chi connectivity index (χ4v) is 2.62. The Morgan fingerprint density at radius 2 is 1.93 bits per heavy atom. The second-order valence-corrected chi connectivity index (χ2v) is 6.64. The predicted octanol–water partition coefficient (Wildman–Crippen LogP) is 4.17. The summed E-state index contributed by atoms with van der Waals surface area (Å²) in [6, 6.07) is 11.4. The number of nitrogens with one attached hydrogen (secondary N) is 2. The van der Waals surface area contributed by atoms with Crippen LogP contribution in [0.25, 0.3) is 0 Å². The summed E-state index contributed by atoms with van der Waals surface area (Å²) in [5.41, 5.74) is 0.945. The lowest BCUT2D eigenvalue weighted by atomic mass is 10.2. The number of amides is 2. The average Bonchev–Trinajstić information content (AvgIpc) is 2.68. The predicted molar refractivity (Wildman–Crippen MR) is 110 cm³/mol. The molecular formula is C20H22Cl2N2O4. The Hall–Kier alpha value is -2.28. The zero-order chi connectivity index (χ0) is 20.4. The van der Waals surface area contributed by atoms with Gasteiger partial charge in [0.25, 0.3) is 11.8 Å². The molecule has 28 heavy (non-hydrogen) atoms. The standard InChI is InChI=1S/C20H22Cl2N2O4/c1-2-27-10-4-9-23-20(26)14-5-3-6-16(11-14)24-19(25)13-28-18-12-15(21)7-8-17(18)22/h3,5-8,11-12H,2,4,9-10,13H2,1H3,(H,23,26)(H,24,25). The van der Waals surface area contributed by atoms with Gasteiger partial charge in [-0.25, -0.2) is 0 Å². The Labute approximate surface area is 174 Å². The first kappa shape index (κ1) is 22.0. The number of ether oxygens (including phenoxy) is 2. The van der Waals surface area contributed by atoms with E-state index in [0.717, 1.165) is 6.42 Å². The monoisotopic (exact) mass is 424 g/mol. The van der Waals surface area contributed by atoms with Crippen molar-refractivity contribution < 1.29 is 19.1 Å². The van der Waals surface area contributed by atoms with E-state index in [9.17, 15) is 9.59 Å². The summed E-state index contributed by atoms with van der Waals surface area (Å²) in [6.45, 7) is 3.46. The summed E-state index contributed by atoms with van der Waals surface area (Å²) < 4.78 is 10.6. The molecule has 6 nitrogen and oxygen atoms in total. The van der Waals surface area contributed by atoms with Crippen LogP contribution in [-0.4, -0.2) is 38.2 Å². The maximum atomic E-state index is 12.2. The van der Waals surface area contributed by atoms with Crippen LogP contribution in [0.1, 0.15) is 23.7 Å². The van der Waals surface area contributed by atoms with Gasteiger partial charge in [-0.3, -0.25) is 9.59 Å². The highest BCUT2D eigenvalue weighted by atomic mass is 35.5. The lowest BCUT2D eigenvalue weighted by Crippen LogP contribution is -2.25. The number of benzene rings is 2. The zero-order valence-corrected chi connectivity index (χ0v) is 17.0. The van der Waals surface area contributed by atoms with Gasteiger partial charge in [-0.05, 0) is 43.7 Å². The van der Waals surface area contributed by atoms with Crippen LogP contribution in [-0.2, 0) is 9.53 Å². The maximum absolute atomic E-state index is 12.2. The number of halogens is 2. The van der Waals surface area contributed by atoms with E-state index in [-0.39, 0.29) is 18.4 Å². The first-order chi connectivity index (χ1) is 13.5. The fraction of sp³-hybridized carbons (Fsp3) is 0.300. The Bertz CT molecular complexity index is 815. The molecule has 150 valence electrons. The fourth-order valence-electron chi connectivity index (χ4n) is 2.29. The van der Waals surface area contributed by atoms with E-state index in [4.69, 9.17) is 32.7 Å². The Kier molecular flexibility index (Phi) is 9.07. The minimum atomic E-state index is -0.384. The molecule has 0 heterocycles. The molecule has 0 radical (unpaired) electrons. The van der Waals surface area contributed by atoms with E-state index in [1.54, 1.807) is 36.4 Å². The summed E-state index contributed by atoms with van der Waals surface area (Å²) in [5.74, 6) is -0.274. The number of rotatable bonds is 10. The van der Waals surface area contributed by atoms with Crippen molar-refractivity contribution in [1.29, 1.82) is 0 Å². The highest BCUT2D eigenvalue weighted by molar-refractivity contribution is 6.34. The third-order valence-electron chi connectivity index (χ3n) is 3.62. The molecule has 0 saturated heterocycles. The van der Waals surface area contributed by atoms with Gasteiger partial charge >= 0.3 is 0 Å². The van der Waals surface area contributed by atoms with Gasteiger partial charge in [-0.2, -0.15) is 0 Å². The molecule has 2 aromatic rings. The van der Waals surface area contributed by atoms with Gasteiger partial charge in [-0.1, -0.05) is 29.3 Å². The molecule has 0 atom stereocenters.